The third-order valence-electron chi connectivity index (χ3n) is 3.16. The van der Waals surface area contributed by atoms with Crippen LogP contribution in [-0.4, -0.2) is 16.3 Å². The van der Waals surface area contributed by atoms with Gasteiger partial charge in [0.15, 0.2) is 0 Å². The quantitative estimate of drug-likeness (QED) is 0.865. The molecule has 5 heteroatoms. The maximum absolute atomic E-state index is 14.2. The molecule has 0 saturated heterocycles. The maximum Gasteiger partial charge on any atom is 0.128 e. The van der Waals surface area contributed by atoms with Gasteiger partial charge in [-0.15, -0.1) is 0 Å². The summed E-state index contributed by atoms with van der Waals surface area (Å²) in [5.41, 5.74) is 1.63. The van der Waals surface area contributed by atoms with Crippen LogP contribution < -0.4 is 5.32 Å². The average Bonchev–Trinajstić information content (AvgIpc) is 2.88. The van der Waals surface area contributed by atoms with Gasteiger partial charge in [-0.25, -0.2) is 4.39 Å². The van der Waals surface area contributed by atoms with Gasteiger partial charge in [0.25, 0.3) is 0 Å². The van der Waals surface area contributed by atoms with E-state index < -0.39 is 0 Å². The molecular weight excluding hydrogens is 321 g/mol. The van der Waals surface area contributed by atoms with Gasteiger partial charge < -0.3 is 5.32 Å². The van der Waals surface area contributed by atoms with Crippen LogP contribution in [0.5, 0.6) is 0 Å². The summed E-state index contributed by atoms with van der Waals surface area (Å²) in [5, 5.41) is 7.68. The van der Waals surface area contributed by atoms with Crippen molar-refractivity contribution >= 4 is 15.9 Å². The van der Waals surface area contributed by atoms with E-state index >= 15 is 0 Å². The fraction of sp³-hybridized carbons (Fsp3) is 0.400. The molecule has 0 aliphatic rings. The molecule has 0 bridgehead atoms. The van der Waals surface area contributed by atoms with Gasteiger partial charge in [-0.05, 0) is 37.2 Å². The topological polar surface area (TPSA) is 29.9 Å². The Labute approximate surface area is 127 Å². The fourth-order valence-electron chi connectivity index (χ4n) is 2.30. The fourth-order valence-corrected chi connectivity index (χ4v) is 2.68. The number of nitrogens with zero attached hydrogens (tertiary/aromatic N) is 2. The molecule has 1 atom stereocenters. The summed E-state index contributed by atoms with van der Waals surface area (Å²) in [5.74, 6) is -0.205. The van der Waals surface area contributed by atoms with Crippen LogP contribution in [0.4, 0.5) is 4.39 Å². The van der Waals surface area contributed by atoms with E-state index in [1.165, 1.54) is 6.07 Å². The molecule has 1 N–H and O–H groups in total. The SMILES string of the molecule is CCCn1nccc1C(NCC)c1cc(Br)ccc1F. The average molecular weight is 340 g/mol. The molecule has 2 aromatic rings. The Hall–Kier alpha value is -1.20. The molecule has 0 aliphatic heterocycles. The molecule has 1 aromatic heterocycles. The van der Waals surface area contributed by atoms with E-state index in [9.17, 15) is 4.39 Å². The molecule has 1 heterocycles. The van der Waals surface area contributed by atoms with Gasteiger partial charge in [0, 0.05) is 22.8 Å². The molecule has 0 fully saturated rings. The summed E-state index contributed by atoms with van der Waals surface area (Å²) in [7, 11) is 0. The number of hydrogen-bond acceptors (Lipinski definition) is 2. The zero-order chi connectivity index (χ0) is 14.5. The number of nitrogens with one attached hydrogen (secondary N) is 1. The molecule has 0 spiro atoms. The lowest BCUT2D eigenvalue weighted by Crippen LogP contribution is -2.26. The van der Waals surface area contributed by atoms with Gasteiger partial charge in [0.2, 0.25) is 0 Å². The second kappa shape index (κ2) is 6.99. The normalized spacial score (nSPS) is 12.6. The highest BCUT2D eigenvalue weighted by atomic mass is 79.9. The van der Waals surface area contributed by atoms with E-state index in [1.807, 2.05) is 23.7 Å². The van der Waals surface area contributed by atoms with Gasteiger partial charge in [-0.3, -0.25) is 4.68 Å². The number of benzene rings is 1. The van der Waals surface area contributed by atoms with Crippen molar-refractivity contribution in [3.8, 4) is 0 Å². The monoisotopic (exact) mass is 339 g/mol. The summed E-state index contributed by atoms with van der Waals surface area (Å²) in [6.45, 7) is 5.71. The molecule has 3 nitrogen and oxygen atoms in total. The maximum atomic E-state index is 14.2. The minimum Gasteiger partial charge on any atom is -0.305 e. The lowest BCUT2D eigenvalue weighted by molar-refractivity contribution is 0.501. The predicted molar refractivity (Wildman–Crippen MR) is 82.1 cm³/mol. The molecule has 2 rings (SSSR count). The van der Waals surface area contributed by atoms with Crippen molar-refractivity contribution < 1.29 is 4.39 Å². The van der Waals surface area contributed by atoms with Gasteiger partial charge >= 0.3 is 0 Å². The van der Waals surface area contributed by atoms with Crippen LogP contribution in [-0.2, 0) is 6.54 Å². The van der Waals surface area contributed by atoms with Crippen molar-refractivity contribution in [1.29, 1.82) is 0 Å². The zero-order valence-corrected chi connectivity index (χ0v) is 13.3. The first-order chi connectivity index (χ1) is 9.67. The molecule has 108 valence electrons. The van der Waals surface area contributed by atoms with Gasteiger partial charge in [0.05, 0.1) is 11.7 Å². The molecule has 0 amide bonds. The zero-order valence-electron chi connectivity index (χ0n) is 11.7. The summed E-state index contributed by atoms with van der Waals surface area (Å²) in [6, 6.07) is 6.79. The number of aromatic nitrogens is 2. The van der Waals surface area contributed by atoms with Crippen molar-refractivity contribution in [2.45, 2.75) is 32.9 Å². The highest BCUT2D eigenvalue weighted by molar-refractivity contribution is 9.10. The Balaban J connectivity index is 2.44. The lowest BCUT2D eigenvalue weighted by atomic mass is 10.0. The first-order valence-electron chi connectivity index (χ1n) is 6.87. The Morgan fingerprint density at radius 3 is 2.85 bits per heavy atom. The van der Waals surface area contributed by atoms with Crippen LogP contribution in [0.2, 0.25) is 0 Å². The summed E-state index contributed by atoms with van der Waals surface area (Å²) in [4.78, 5) is 0. The summed E-state index contributed by atoms with van der Waals surface area (Å²) in [6.07, 6.45) is 2.76. The second-order valence-electron chi connectivity index (χ2n) is 4.64. The van der Waals surface area contributed by atoms with Crippen LogP contribution >= 0.6 is 15.9 Å². The third-order valence-corrected chi connectivity index (χ3v) is 3.65. The predicted octanol–water partition coefficient (Wildman–Crippen LogP) is 3.89. The van der Waals surface area contributed by atoms with E-state index in [0.29, 0.717) is 5.56 Å². The van der Waals surface area contributed by atoms with E-state index in [0.717, 1.165) is 29.7 Å². The van der Waals surface area contributed by atoms with Gasteiger partial charge in [-0.2, -0.15) is 5.10 Å². The van der Waals surface area contributed by atoms with E-state index in [2.05, 4.69) is 33.3 Å². The number of rotatable bonds is 6. The van der Waals surface area contributed by atoms with Crippen LogP contribution in [0.15, 0.2) is 34.9 Å². The lowest BCUT2D eigenvalue weighted by Gasteiger charge is -2.20. The standard InChI is InChI=1S/C15H19BrFN3/c1-3-9-20-14(7-8-19-20)15(18-4-2)12-10-11(16)5-6-13(12)17/h5-8,10,15,18H,3-4,9H2,1-2H3. The number of aryl methyl sites for hydroxylation is 1. The van der Waals surface area contributed by atoms with Gasteiger partial charge in [-0.1, -0.05) is 29.8 Å². The van der Waals surface area contributed by atoms with E-state index in [4.69, 9.17) is 0 Å². The molecule has 0 radical (unpaired) electrons. The summed E-state index contributed by atoms with van der Waals surface area (Å²) < 4.78 is 17.0. The Morgan fingerprint density at radius 2 is 2.15 bits per heavy atom. The van der Waals surface area contributed by atoms with Crippen molar-refractivity contribution in [2.24, 2.45) is 0 Å². The van der Waals surface area contributed by atoms with Crippen molar-refractivity contribution in [3.63, 3.8) is 0 Å². The molecular formula is C15H19BrFN3. The highest BCUT2D eigenvalue weighted by Crippen LogP contribution is 2.27. The van der Waals surface area contributed by atoms with Crippen molar-refractivity contribution in [1.82, 2.24) is 15.1 Å². The number of hydrogen-bond donors (Lipinski definition) is 1. The molecule has 0 aliphatic carbocycles. The van der Waals surface area contributed by atoms with E-state index in [-0.39, 0.29) is 11.9 Å². The van der Waals surface area contributed by atoms with Gasteiger partial charge in [0.1, 0.15) is 5.82 Å². The Morgan fingerprint density at radius 1 is 1.35 bits per heavy atom. The van der Waals surface area contributed by atoms with Crippen LogP contribution in [0.25, 0.3) is 0 Å². The Bertz CT molecular complexity index is 568. The first-order valence-corrected chi connectivity index (χ1v) is 7.66. The number of halogens is 2. The molecule has 0 saturated carbocycles. The van der Waals surface area contributed by atoms with E-state index in [1.54, 1.807) is 12.3 Å². The first kappa shape index (κ1) is 15.2. The molecule has 20 heavy (non-hydrogen) atoms. The van der Waals surface area contributed by atoms with Crippen molar-refractivity contribution in [3.05, 3.63) is 52.0 Å². The summed E-state index contributed by atoms with van der Waals surface area (Å²) >= 11 is 3.41. The highest BCUT2D eigenvalue weighted by Gasteiger charge is 2.20. The Kier molecular flexibility index (Phi) is 5.31. The van der Waals surface area contributed by atoms with Crippen LogP contribution in [0.1, 0.15) is 37.6 Å². The molecule has 1 aromatic carbocycles. The second-order valence-corrected chi connectivity index (χ2v) is 5.55. The largest absolute Gasteiger partial charge is 0.305 e. The van der Waals surface area contributed by atoms with Crippen LogP contribution in [0, 0.1) is 5.82 Å². The third kappa shape index (κ3) is 3.27. The smallest absolute Gasteiger partial charge is 0.128 e. The minimum atomic E-state index is -0.205. The minimum absolute atomic E-state index is 0.188. The van der Waals surface area contributed by atoms with Crippen LogP contribution in [0.3, 0.4) is 0 Å². The molecule has 1 unspecified atom stereocenters. The van der Waals surface area contributed by atoms with Crippen molar-refractivity contribution in [2.75, 3.05) is 6.54 Å².